The summed E-state index contributed by atoms with van der Waals surface area (Å²) >= 11 is 0. The number of hydrogen-bond acceptors (Lipinski definition) is 5. The van der Waals surface area contributed by atoms with E-state index in [4.69, 9.17) is 5.84 Å². The number of nitrogens with two attached hydrogens (primary N) is 1. The molecule has 0 aliphatic carbocycles. The maximum absolute atomic E-state index is 12.2. The molecule has 18 heavy (non-hydrogen) atoms. The monoisotopic (exact) mass is 263 g/mol. The zero-order valence-electron chi connectivity index (χ0n) is 10.3. The summed E-state index contributed by atoms with van der Waals surface area (Å²) in [7, 11) is 1.56. The Labute approximate surface area is 103 Å². The Morgan fingerprint density at radius 2 is 2.06 bits per heavy atom. The maximum atomic E-state index is 12.2. The van der Waals surface area contributed by atoms with Crippen molar-refractivity contribution in [3.63, 3.8) is 0 Å². The van der Waals surface area contributed by atoms with Crippen molar-refractivity contribution >= 4 is 11.6 Å². The molecule has 0 fully saturated rings. The first-order chi connectivity index (χ1) is 8.39. The van der Waals surface area contributed by atoms with Crippen molar-refractivity contribution in [1.82, 2.24) is 9.97 Å². The molecule has 3 N–H and O–H groups in total. The van der Waals surface area contributed by atoms with Gasteiger partial charge in [0.25, 0.3) is 0 Å². The molecule has 1 aromatic rings. The van der Waals surface area contributed by atoms with E-state index >= 15 is 0 Å². The van der Waals surface area contributed by atoms with Crippen LogP contribution in [0.3, 0.4) is 0 Å². The van der Waals surface area contributed by atoms with E-state index in [9.17, 15) is 13.2 Å². The summed E-state index contributed by atoms with van der Waals surface area (Å²) in [6.07, 6.45) is -3.22. The lowest BCUT2D eigenvalue weighted by Crippen LogP contribution is -2.26. The number of anilines is 2. The molecule has 8 heteroatoms. The van der Waals surface area contributed by atoms with Crippen LogP contribution in [0.25, 0.3) is 0 Å². The van der Waals surface area contributed by atoms with Crippen LogP contribution < -0.4 is 16.2 Å². The second-order valence-electron chi connectivity index (χ2n) is 3.81. The molecule has 1 rings (SSSR count). The molecule has 0 atom stereocenters. The van der Waals surface area contributed by atoms with Gasteiger partial charge in [-0.1, -0.05) is 6.92 Å². The number of hydrogen-bond donors (Lipinski definition) is 2. The van der Waals surface area contributed by atoms with Crippen molar-refractivity contribution in [2.75, 3.05) is 23.9 Å². The molecule has 0 unspecified atom stereocenters. The van der Waals surface area contributed by atoms with Gasteiger partial charge in [-0.3, -0.25) is 0 Å². The van der Waals surface area contributed by atoms with Crippen LogP contribution in [0, 0.1) is 0 Å². The fourth-order valence-electron chi connectivity index (χ4n) is 1.58. The number of aromatic nitrogens is 2. The molecule has 1 heterocycles. The smallest absolute Gasteiger partial charge is 0.359 e. The Kier molecular flexibility index (Phi) is 4.71. The van der Waals surface area contributed by atoms with Crippen LogP contribution in [-0.4, -0.2) is 29.7 Å². The highest BCUT2D eigenvalue weighted by Gasteiger charge is 2.27. The number of rotatable bonds is 5. The molecule has 0 aromatic carbocycles. The quantitative estimate of drug-likeness (QED) is 0.625. The summed E-state index contributed by atoms with van der Waals surface area (Å²) in [6, 6.07) is 0. The van der Waals surface area contributed by atoms with Gasteiger partial charge in [-0.05, 0) is 6.42 Å². The van der Waals surface area contributed by atoms with E-state index < -0.39 is 12.6 Å². The van der Waals surface area contributed by atoms with Gasteiger partial charge in [-0.25, -0.2) is 15.8 Å². The van der Waals surface area contributed by atoms with Gasteiger partial charge in [0, 0.05) is 19.2 Å². The summed E-state index contributed by atoms with van der Waals surface area (Å²) in [6.45, 7) is 1.71. The molecule has 5 nitrogen and oxygen atoms in total. The first-order valence-corrected chi connectivity index (χ1v) is 5.47. The van der Waals surface area contributed by atoms with E-state index in [1.165, 1.54) is 11.2 Å². The Morgan fingerprint density at radius 1 is 1.39 bits per heavy atom. The summed E-state index contributed by atoms with van der Waals surface area (Å²) in [5, 5.41) is 0. The van der Waals surface area contributed by atoms with Crippen LogP contribution >= 0.6 is 0 Å². The van der Waals surface area contributed by atoms with E-state index in [1.807, 2.05) is 6.92 Å². The lowest BCUT2D eigenvalue weighted by atomic mass is 10.2. The number of nitrogens with one attached hydrogen (secondary N) is 1. The minimum Gasteiger partial charge on any atom is -0.359 e. The molecule has 0 aliphatic rings. The maximum Gasteiger partial charge on any atom is 0.390 e. The van der Waals surface area contributed by atoms with Gasteiger partial charge in [-0.15, -0.1) is 0 Å². The number of halogens is 3. The molecular weight excluding hydrogens is 247 g/mol. The summed E-state index contributed by atoms with van der Waals surface area (Å²) < 4.78 is 36.5. The third-order valence-electron chi connectivity index (χ3n) is 2.51. The van der Waals surface area contributed by atoms with Gasteiger partial charge in [-0.2, -0.15) is 13.2 Å². The third-order valence-corrected chi connectivity index (χ3v) is 2.51. The van der Waals surface area contributed by atoms with Crippen molar-refractivity contribution in [3.8, 4) is 0 Å². The topological polar surface area (TPSA) is 67.1 Å². The Balaban J connectivity index is 2.88. The molecule has 0 bridgehead atoms. The van der Waals surface area contributed by atoms with E-state index in [0.29, 0.717) is 23.6 Å². The average molecular weight is 263 g/mol. The van der Waals surface area contributed by atoms with E-state index in [-0.39, 0.29) is 6.54 Å². The highest BCUT2D eigenvalue weighted by Crippen LogP contribution is 2.25. The van der Waals surface area contributed by atoms with Crippen molar-refractivity contribution in [3.05, 3.63) is 11.9 Å². The minimum absolute atomic E-state index is 0.155. The molecule has 0 saturated heterocycles. The first-order valence-electron chi connectivity index (χ1n) is 5.47. The van der Waals surface area contributed by atoms with E-state index in [2.05, 4.69) is 15.4 Å². The SMILES string of the molecule is CCc1c(NN)ncnc1N(C)CCC(F)(F)F. The van der Waals surface area contributed by atoms with Crippen LogP contribution in [-0.2, 0) is 6.42 Å². The fourth-order valence-corrected chi connectivity index (χ4v) is 1.58. The Hall–Kier alpha value is -1.57. The molecule has 0 amide bonds. The molecular formula is C10H16F3N5. The number of nitrogen functional groups attached to an aromatic ring is 1. The van der Waals surface area contributed by atoms with Gasteiger partial charge in [0.05, 0.1) is 6.42 Å². The second-order valence-corrected chi connectivity index (χ2v) is 3.81. The largest absolute Gasteiger partial charge is 0.390 e. The Morgan fingerprint density at radius 3 is 2.56 bits per heavy atom. The molecule has 1 aromatic heterocycles. The van der Waals surface area contributed by atoms with Crippen LogP contribution in [0.1, 0.15) is 18.9 Å². The zero-order valence-corrected chi connectivity index (χ0v) is 10.3. The van der Waals surface area contributed by atoms with Gasteiger partial charge in [0.1, 0.15) is 18.0 Å². The second kappa shape index (κ2) is 5.85. The highest BCUT2D eigenvalue weighted by molar-refractivity contribution is 5.57. The van der Waals surface area contributed by atoms with Crippen LogP contribution in [0.4, 0.5) is 24.8 Å². The average Bonchev–Trinajstić information content (AvgIpc) is 2.33. The molecule has 0 aliphatic heterocycles. The minimum atomic E-state index is -4.18. The molecule has 0 saturated carbocycles. The summed E-state index contributed by atoms with van der Waals surface area (Å²) in [5.74, 6) is 6.19. The lowest BCUT2D eigenvalue weighted by Gasteiger charge is -2.22. The van der Waals surface area contributed by atoms with Gasteiger partial charge < -0.3 is 10.3 Å². The summed E-state index contributed by atoms with van der Waals surface area (Å²) in [5.41, 5.74) is 3.11. The van der Waals surface area contributed by atoms with Gasteiger partial charge in [0.15, 0.2) is 0 Å². The normalized spacial score (nSPS) is 11.4. The standard InChI is InChI=1S/C10H16F3N5/c1-3-7-8(17-14)15-6-16-9(7)18(2)5-4-10(11,12)13/h6H,3-5,14H2,1-2H3,(H,15,16,17). The zero-order chi connectivity index (χ0) is 13.8. The van der Waals surface area contributed by atoms with Crippen LogP contribution in [0.15, 0.2) is 6.33 Å². The predicted molar refractivity (Wildman–Crippen MR) is 63.2 cm³/mol. The number of nitrogens with zero attached hydrogens (tertiary/aromatic N) is 3. The van der Waals surface area contributed by atoms with Crippen molar-refractivity contribution < 1.29 is 13.2 Å². The lowest BCUT2D eigenvalue weighted by molar-refractivity contribution is -0.132. The summed E-state index contributed by atoms with van der Waals surface area (Å²) in [4.78, 5) is 9.39. The van der Waals surface area contributed by atoms with Crippen LogP contribution in [0.2, 0.25) is 0 Å². The molecule has 102 valence electrons. The number of hydrazine groups is 1. The third kappa shape index (κ3) is 3.73. The van der Waals surface area contributed by atoms with Gasteiger partial charge >= 0.3 is 6.18 Å². The van der Waals surface area contributed by atoms with Crippen molar-refractivity contribution in [2.45, 2.75) is 25.9 Å². The fraction of sp³-hybridized carbons (Fsp3) is 0.600. The van der Waals surface area contributed by atoms with E-state index in [1.54, 1.807) is 7.05 Å². The van der Waals surface area contributed by atoms with Crippen LogP contribution in [0.5, 0.6) is 0 Å². The van der Waals surface area contributed by atoms with E-state index in [0.717, 1.165) is 0 Å². The molecule has 0 spiro atoms. The van der Waals surface area contributed by atoms with Crippen molar-refractivity contribution in [1.29, 1.82) is 0 Å². The first kappa shape index (κ1) is 14.5. The van der Waals surface area contributed by atoms with Crippen molar-refractivity contribution in [2.24, 2.45) is 5.84 Å². The van der Waals surface area contributed by atoms with Gasteiger partial charge in [0.2, 0.25) is 0 Å². The highest BCUT2D eigenvalue weighted by atomic mass is 19.4. The molecule has 0 radical (unpaired) electrons. The Bertz CT molecular complexity index is 394. The number of alkyl halides is 3. The predicted octanol–water partition coefficient (Wildman–Crippen LogP) is 1.71.